The van der Waals surface area contributed by atoms with E-state index in [0.717, 1.165) is 33.0 Å². The summed E-state index contributed by atoms with van der Waals surface area (Å²) in [5, 5.41) is 7.16. The molecule has 140 valence electrons. The predicted octanol–water partition coefficient (Wildman–Crippen LogP) is 5.06. The molecule has 1 aromatic heterocycles. The Morgan fingerprint density at radius 2 is 1.82 bits per heavy atom. The fourth-order valence-corrected chi connectivity index (χ4v) is 3.29. The van der Waals surface area contributed by atoms with Gasteiger partial charge < -0.3 is 9.15 Å². The molecule has 5 nitrogen and oxygen atoms in total. The number of para-hydroxylation sites is 1. The van der Waals surface area contributed by atoms with Gasteiger partial charge in [-0.25, -0.2) is 5.43 Å². The van der Waals surface area contributed by atoms with Gasteiger partial charge in [0.2, 0.25) is 0 Å². The van der Waals surface area contributed by atoms with Crippen molar-refractivity contribution in [1.82, 2.24) is 5.43 Å². The Hall–Kier alpha value is -3.60. The zero-order chi connectivity index (χ0) is 19.5. The molecule has 0 radical (unpaired) electrons. The fraction of sp³-hybridized carbons (Fsp3) is 0.130. The van der Waals surface area contributed by atoms with Crippen LogP contribution in [0, 0.1) is 6.92 Å². The van der Waals surface area contributed by atoms with Crippen LogP contribution >= 0.6 is 0 Å². The van der Waals surface area contributed by atoms with Crippen LogP contribution in [-0.2, 0) is 0 Å². The maximum Gasteiger partial charge on any atom is 0.307 e. The topological polar surface area (TPSA) is 63.8 Å². The van der Waals surface area contributed by atoms with Gasteiger partial charge in [-0.2, -0.15) is 5.10 Å². The third-order valence-corrected chi connectivity index (χ3v) is 4.64. The van der Waals surface area contributed by atoms with Gasteiger partial charge in [0.1, 0.15) is 11.3 Å². The number of amides is 1. The monoisotopic (exact) mass is 372 g/mol. The highest BCUT2D eigenvalue weighted by atomic mass is 16.5. The van der Waals surface area contributed by atoms with Gasteiger partial charge in [-0.15, -0.1) is 0 Å². The maximum absolute atomic E-state index is 12.5. The molecule has 1 N–H and O–H groups in total. The average molecular weight is 372 g/mol. The molecule has 5 heteroatoms. The maximum atomic E-state index is 12.5. The van der Waals surface area contributed by atoms with E-state index in [1.165, 1.54) is 0 Å². The van der Waals surface area contributed by atoms with Crippen molar-refractivity contribution in [2.45, 2.75) is 13.8 Å². The third kappa shape index (κ3) is 3.22. The molecule has 4 rings (SSSR count). The van der Waals surface area contributed by atoms with Crippen molar-refractivity contribution in [3.05, 3.63) is 77.6 Å². The fourth-order valence-electron chi connectivity index (χ4n) is 3.29. The second-order valence-electron chi connectivity index (χ2n) is 6.38. The number of hydrogen-bond acceptors (Lipinski definition) is 4. The van der Waals surface area contributed by atoms with Crippen LogP contribution in [0.25, 0.3) is 21.7 Å². The Morgan fingerprint density at radius 1 is 1.07 bits per heavy atom. The standard InChI is InChI=1S/C23H20N2O3/c1-3-27-20-13-12-16-8-4-5-10-18(16)19(20)14-24-25-23(26)22-15(2)17-9-6-7-11-21(17)28-22/h4-14H,3H2,1-2H3,(H,25,26)/b24-14-. The quantitative estimate of drug-likeness (QED) is 0.393. The molecule has 0 aliphatic carbocycles. The van der Waals surface area contributed by atoms with Crippen LogP contribution < -0.4 is 10.2 Å². The Labute approximate surface area is 162 Å². The normalized spacial score (nSPS) is 11.4. The van der Waals surface area contributed by atoms with Crippen LogP contribution in [0.4, 0.5) is 0 Å². The molecule has 4 aromatic rings. The highest BCUT2D eigenvalue weighted by molar-refractivity contribution is 6.03. The summed E-state index contributed by atoms with van der Waals surface area (Å²) in [4.78, 5) is 12.5. The largest absolute Gasteiger partial charge is 0.493 e. The van der Waals surface area contributed by atoms with E-state index >= 15 is 0 Å². The van der Waals surface area contributed by atoms with Gasteiger partial charge in [-0.3, -0.25) is 4.79 Å². The molecule has 28 heavy (non-hydrogen) atoms. The molecule has 0 saturated carbocycles. The summed E-state index contributed by atoms with van der Waals surface area (Å²) in [7, 11) is 0. The molecule has 1 heterocycles. The lowest BCUT2D eigenvalue weighted by molar-refractivity contribution is 0.0929. The van der Waals surface area contributed by atoms with Crippen molar-refractivity contribution in [3.63, 3.8) is 0 Å². The number of aryl methyl sites for hydroxylation is 1. The van der Waals surface area contributed by atoms with Crippen molar-refractivity contribution in [1.29, 1.82) is 0 Å². The molecule has 0 bridgehead atoms. The van der Waals surface area contributed by atoms with E-state index in [9.17, 15) is 4.79 Å². The second kappa shape index (κ2) is 7.56. The summed E-state index contributed by atoms with van der Waals surface area (Å²) in [6.45, 7) is 4.34. The first-order chi connectivity index (χ1) is 13.7. The zero-order valence-electron chi connectivity index (χ0n) is 15.7. The summed E-state index contributed by atoms with van der Waals surface area (Å²) in [6, 6.07) is 19.5. The molecule has 0 spiro atoms. The van der Waals surface area contributed by atoms with Crippen molar-refractivity contribution in [2.75, 3.05) is 6.61 Å². The van der Waals surface area contributed by atoms with E-state index in [0.29, 0.717) is 12.2 Å². The Bertz CT molecular complexity index is 1190. The molecule has 0 saturated heterocycles. The average Bonchev–Trinajstić information content (AvgIpc) is 3.06. The van der Waals surface area contributed by atoms with Gasteiger partial charge in [0.05, 0.1) is 12.8 Å². The smallest absolute Gasteiger partial charge is 0.307 e. The van der Waals surface area contributed by atoms with E-state index in [2.05, 4.69) is 10.5 Å². The summed E-state index contributed by atoms with van der Waals surface area (Å²) >= 11 is 0. The minimum absolute atomic E-state index is 0.265. The molecule has 1 amide bonds. The van der Waals surface area contributed by atoms with Gasteiger partial charge in [-0.05, 0) is 36.8 Å². The van der Waals surface area contributed by atoms with Gasteiger partial charge in [0.25, 0.3) is 0 Å². The Kier molecular flexibility index (Phi) is 4.81. The first-order valence-corrected chi connectivity index (χ1v) is 9.15. The highest BCUT2D eigenvalue weighted by Gasteiger charge is 2.17. The van der Waals surface area contributed by atoms with Crippen LogP contribution in [0.1, 0.15) is 28.6 Å². The van der Waals surface area contributed by atoms with Crippen LogP contribution in [0.2, 0.25) is 0 Å². The zero-order valence-corrected chi connectivity index (χ0v) is 15.7. The van der Waals surface area contributed by atoms with E-state index < -0.39 is 0 Å². The van der Waals surface area contributed by atoms with E-state index in [1.54, 1.807) is 6.21 Å². The van der Waals surface area contributed by atoms with Crippen molar-refractivity contribution in [2.24, 2.45) is 5.10 Å². The van der Waals surface area contributed by atoms with Crippen LogP contribution in [0.15, 0.2) is 70.2 Å². The molecule has 0 unspecified atom stereocenters. The van der Waals surface area contributed by atoms with Gasteiger partial charge in [0.15, 0.2) is 5.76 Å². The first kappa shape index (κ1) is 17.8. The van der Waals surface area contributed by atoms with Crippen molar-refractivity contribution >= 4 is 33.9 Å². The lowest BCUT2D eigenvalue weighted by Crippen LogP contribution is -2.17. The number of nitrogens with zero attached hydrogens (tertiary/aromatic N) is 1. The minimum atomic E-state index is -0.386. The molecular formula is C23H20N2O3. The number of ether oxygens (including phenoxy) is 1. The molecule has 0 aliphatic heterocycles. The molecule has 0 fully saturated rings. The number of carbonyl (C=O) groups is 1. The van der Waals surface area contributed by atoms with E-state index in [1.807, 2.05) is 74.5 Å². The molecule has 0 aliphatic rings. The van der Waals surface area contributed by atoms with Crippen molar-refractivity contribution in [3.8, 4) is 5.75 Å². The molecular weight excluding hydrogens is 352 g/mol. The van der Waals surface area contributed by atoms with Crippen molar-refractivity contribution < 1.29 is 13.9 Å². The summed E-state index contributed by atoms with van der Waals surface area (Å²) < 4.78 is 11.4. The number of nitrogens with one attached hydrogen (secondary N) is 1. The molecule has 0 atom stereocenters. The predicted molar refractivity (Wildman–Crippen MR) is 111 cm³/mol. The van der Waals surface area contributed by atoms with E-state index in [4.69, 9.17) is 9.15 Å². The lowest BCUT2D eigenvalue weighted by atomic mass is 10.0. The Balaban J connectivity index is 1.63. The summed E-state index contributed by atoms with van der Waals surface area (Å²) in [6.07, 6.45) is 1.61. The van der Waals surface area contributed by atoms with Gasteiger partial charge >= 0.3 is 5.91 Å². The number of rotatable bonds is 5. The molecule has 3 aromatic carbocycles. The van der Waals surface area contributed by atoms with Crippen LogP contribution in [0.5, 0.6) is 5.75 Å². The second-order valence-corrected chi connectivity index (χ2v) is 6.38. The minimum Gasteiger partial charge on any atom is -0.493 e. The van der Waals surface area contributed by atoms with Gasteiger partial charge in [-0.1, -0.05) is 48.5 Å². The van der Waals surface area contributed by atoms with E-state index in [-0.39, 0.29) is 11.7 Å². The van der Waals surface area contributed by atoms with Crippen LogP contribution in [0.3, 0.4) is 0 Å². The number of fused-ring (bicyclic) bond motifs is 2. The Morgan fingerprint density at radius 3 is 2.61 bits per heavy atom. The van der Waals surface area contributed by atoms with Crippen LogP contribution in [-0.4, -0.2) is 18.7 Å². The first-order valence-electron chi connectivity index (χ1n) is 9.15. The lowest BCUT2D eigenvalue weighted by Gasteiger charge is -2.10. The summed E-state index contributed by atoms with van der Waals surface area (Å²) in [5.74, 6) is 0.601. The van der Waals surface area contributed by atoms with Gasteiger partial charge in [0, 0.05) is 16.5 Å². The number of hydrazone groups is 1. The number of carbonyl (C=O) groups excluding carboxylic acids is 1. The number of hydrogen-bond donors (Lipinski definition) is 1. The SMILES string of the molecule is CCOc1ccc2ccccc2c1/C=N\NC(=O)c1oc2ccccc2c1C. The summed E-state index contributed by atoms with van der Waals surface area (Å²) in [5.41, 5.74) is 4.86. The third-order valence-electron chi connectivity index (χ3n) is 4.64. The number of furan rings is 1. The highest BCUT2D eigenvalue weighted by Crippen LogP contribution is 2.27. The number of benzene rings is 3.